The second kappa shape index (κ2) is 11.4. The molecule has 0 aliphatic carbocycles. The summed E-state index contributed by atoms with van der Waals surface area (Å²) in [6.07, 6.45) is 0.748. The van der Waals surface area contributed by atoms with Crippen molar-refractivity contribution in [1.82, 2.24) is 14.8 Å². The van der Waals surface area contributed by atoms with Crippen LogP contribution in [0.2, 0.25) is 0 Å². The number of rotatable bonds is 6. The molecule has 2 aromatic carbocycles. The third-order valence-electron chi connectivity index (χ3n) is 8.09. The summed E-state index contributed by atoms with van der Waals surface area (Å²) < 4.78 is 7.44. The first-order valence-corrected chi connectivity index (χ1v) is 15.7. The van der Waals surface area contributed by atoms with Gasteiger partial charge in [0.25, 0.3) is 0 Å². The standard InChI is InChI=1S/C34H35N5O5S/c1-18-19(2)45-33-30(18)31(35-25(16-28(41)42)32-37-36-20(3)39(32)33)23-10-7-21(8-11-23)24-12-9-22-13-14-27(40)38(26(22)15-24)17-29(43)44-34(4,5)6/h7-12,15,25H,13-14,16-17H2,1-6H3,(H,41,42)/t25-/m0/s1. The van der Waals surface area contributed by atoms with Gasteiger partial charge >= 0.3 is 11.9 Å². The maximum atomic E-state index is 12.9. The van der Waals surface area contributed by atoms with E-state index in [4.69, 9.17) is 9.73 Å². The van der Waals surface area contributed by atoms with E-state index in [0.717, 1.165) is 48.9 Å². The van der Waals surface area contributed by atoms with E-state index in [1.54, 1.807) is 32.1 Å². The highest BCUT2D eigenvalue weighted by Gasteiger charge is 2.33. The molecule has 0 bridgehead atoms. The van der Waals surface area contributed by atoms with Gasteiger partial charge in [-0.05, 0) is 76.3 Å². The number of carbonyl (C=O) groups excluding carboxylic acids is 2. The van der Waals surface area contributed by atoms with Gasteiger partial charge in [-0.2, -0.15) is 0 Å². The number of thiophene rings is 1. The molecule has 2 aromatic heterocycles. The molecule has 0 saturated heterocycles. The number of carboxylic acids is 1. The lowest BCUT2D eigenvalue weighted by Gasteiger charge is -2.30. The summed E-state index contributed by atoms with van der Waals surface area (Å²) in [5.41, 5.74) is 6.52. The van der Waals surface area contributed by atoms with Gasteiger partial charge in [-0.1, -0.05) is 36.4 Å². The van der Waals surface area contributed by atoms with Crippen molar-refractivity contribution in [2.45, 2.75) is 72.4 Å². The second-order valence-corrected chi connectivity index (χ2v) is 13.7. The lowest BCUT2D eigenvalue weighted by molar-refractivity contribution is -0.153. The predicted molar refractivity (Wildman–Crippen MR) is 172 cm³/mol. The van der Waals surface area contributed by atoms with Crippen LogP contribution in [-0.2, 0) is 25.5 Å². The monoisotopic (exact) mass is 625 g/mol. The largest absolute Gasteiger partial charge is 0.481 e. The van der Waals surface area contributed by atoms with Gasteiger partial charge in [0.05, 0.1) is 12.1 Å². The number of ether oxygens (including phenoxy) is 1. The number of carbonyl (C=O) groups is 3. The highest BCUT2D eigenvalue weighted by Crippen LogP contribution is 2.40. The number of aryl methyl sites for hydroxylation is 3. The van der Waals surface area contributed by atoms with Gasteiger partial charge in [-0.3, -0.25) is 23.9 Å². The third-order valence-corrected chi connectivity index (χ3v) is 9.28. The highest BCUT2D eigenvalue weighted by molar-refractivity contribution is 7.15. The van der Waals surface area contributed by atoms with E-state index in [0.29, 0.717) is 30.2 Å². The zero-order chi connectivity index (χ0) is 32.2. The molecule has 1 atom stereocenters. The van der Waals surface area contributed by atoms with E-state index in [9.17, 15) is 19.5 Å². The molecule has 4 heterocycles. The molecule has 0 spiro atoms. The summed E-state index contributed by atoms with van der Waals surface area (Å²) in [5, 5.41) is 19.3. The molecule has 1 amide bonds. The van der Waals surface area contributed by atoms with Crippen molar-refractivity contribution in [3.05, 3.63) is 81.2 Å². The fourth-order valence-electron chi connectivity index (χ4n) is 5.90. The Labute approximate surface area is 265 Å². The lowest BCUT2D eigenvalue weighted by Crippen LogP contribution is -2.41. The van der Waals surface area contributed by atoms with Gasteiger partial charge < -0.3 is 14.7 Å². The molecular weight excluding hydrogens is 590 g/mol. The van der Waals surface area contributed by atoms with Gasteiger partial charge in [-0.25, -0.2) is 0 Å². The molecular formula is C34H35N5O5S. The van der Waals surface area contributed by atoms with Crippen molar-refractivity contribution in [3.8, 4) is 16.1 Å². The van der Waals surface area contributed by atoms with Crippen molar-refractivity contribution in [2.75, 3.05) is 11.4 Å². The first kappa shape index (κ1) is 30.4. The zero-order valence-corrected chi connectivity index (χ0v) is 27.0. The third kappa shape index (κ3) is 5.80. The minimum atomic E-state index is -0.963. The predicted octanol–water partition coefficient (Wildman–Crippen LogP) is 5.91. The Bertz CT molecular complexity index is 1880. The van der Waals surface area contributed by atoms with E-state index in [1.165, 1.54) is 4.90 Å². The summed E-state index contributed by atoms with van der Waals surface area (Å²) in [6.45, 7) is 11.3. The van der Waals surface area contributed by atoms with Gasteiger partial charge in [0.2, 0.25) is 5.91 Å². The summed E-state index contributed by atoms with van der Waals surface area (Å²) in [5.74, 6) is -0.318. The number of hydrogen-bond donors (Lipinski definition) is 1. The number of aliphatic imine (C=N–C) groups is 1. The zero-order valence-electron chi connectivity index (χ0n) is 26.2. The number of fused-ring (bicyclic) bond motifs is 4. The van der Waals surface area contributed by atoms with E-state index in [-0.39, 0.29) is 18.9 Å². The topological polar surface area (TPSA) is 127 Å². The lowest BCUT2D eigenvalue weighted by atomic mass is 9.94. The van der Waals surface area contributed by atoms with Crippen molar-refractivity contribution in [1.29, 1.82) is 0 Å². The molecule has 0 fully saturated rings. The van der Waals surface area contributed by atoms with Crippen LogP contribution in [0.4, 0.5) is 5.69 Å². The van der Waals surface area contributed by atoms with Crippen LogP contribution in [-0.4, -0.2) is 55.6 Å². The molecule has 10 nitrogen and oxygen atoms in total. The van der Waals surface area contributed by atoms with Crippen LogP contribution in [0.25, 0.3) is 16.1 Å². The minimum Gasteiger partial charge on any atom is -0.481 e. The van der Waals surface area contributed by atoms with Crippen LogP contribution in [0.1, 0.15) is 78.4 Å². The summed E-state index contributed by atoms with van der Waals surface area (Å²) in [4.78, 5) is 45.1. The highest BCUT2D eigenvalue weighted by atomic mass is 32.1. The van der Waals surface area contributed by atoms with Crippen molar-refractivity contribution < 1.29 is 24.2 Å². The first-order chi connectivity index (χ1) is 21.3. The maximum Gasteiger partial charge on any atom is 0.326 e. The van der Waals surface area contributed by atoms with Crippen LogP contribution in [0, 0.1) is 20.8 Å². The fraction of sp³-hybridized carbons (Fsp3) is 0.353. The number of anilines is 1. The first-order valence-electron chi connectivity index (χ1n) is 14.9. The SMILES string of the molecule is Cc1sc2c(c1C)C(c1ccc(-c3ccc4c(c3)N(CC(=O)OC(C)(C)C)C(=O)CC4)cc1)=N[C@@H](CC(=O)O)c1nnc(C)n1-2. The van der Waals surface area contributed by atoms with Crippen molar-refractivity contribution in [3.63, 3.8) is 0 Å². The molecule has 2 aliphatic rings. The van der Waals surface area contributed by atoms with Crippen LogP contribution < -0.4 is 4.90 Å². The van der Waals surface area contributed by atoms with Crippen molar-refractivity contribution in [2.24, 2.45) is 4.99 Å². The summed E-state index contributed by atoms with van der Waals surface area (Å²) >= 11 is 1.62. The van der Waals surface area contributed by atoms with Crippen LogP contribution in [0.3, 0.4) is 0 Å². The number of nitrogens with zero attached hydrogens (tertiary/aromatic N) is 5. The molecule has 2 aliphatic heterocycles. The number of amides is 1. The normalized spacial score (nSPS) is 16.0. The van der Waals surface area contributed by atoms with Crippen molar-refractivity contribution >= 4 is 40.6 Å². The molecule has 1 N–H and O–H groups in total. The number of aliphatic carboxylic acids is 1. The molecule has 11 heteroatoms. The Morgan fingerprint density at radius 3 is 2.38 bits per heavy atom. The average molecular weight is 626 g/mol. The summed E-state index contributed by atoms with van der Waals surface area (Å²) in [7, 11) is 0. The Morgan fingerprint density at radius 1 is 1.00 bits per heavy atom. The van der Waals surface area contributed by atoms with Crippen LogP contribution in [0.5, 0.6) is 0 Å². The number of aromatic nitrogens is 3. The number of hydrogen-bond acceptors (Lipinski definition) is 8. The molecule has 6 rings (SSSR count). The maximum absolute atomic E-state index is 12.9. The van der Waals surface area contributed by atoms with E-state index < -0.39 is 23.6 Å². The van der Waals surface area contributed by atoms with Crippen LogP contribution in [0.15, 0.2) is 47.5 Å². The molecule has 0 saturated carbocycles. The smallest absolute Gasteiger partial charge is 0.326 e. The Kier molecular flexibility index (Phi) is 7.68. The summed E-state index contributed by atoms with van der Waals surface area (Å²) in [6, 6.07) is 13.3. The molecule has 0 radical (unpaired) electrons. The Morgan fingerprint density at radius 2 is 1.69 bits per heavy atom. The van der Waals surface area contributed by atoms with E-state index in [1.807, 2.05) is 54.0 Å². The average Bonchev–Trinajstić information content (AvgIpc) is 3.45. The van der Waals surface area contributed by atoms with Gasteiger partial charge in [0.15, 0.2) is 5.82 Å². The van der Waals surface area contributed by atoms with E-state index in [2.05, 4.69) is 24.0 Å². The second-order valence-electron chi connectivity index (χ2n) is 12.5. The number of benzene rings is 2. The minimum absolute atomic E-state index is 0.106. The Hall–Kier alpha value is -4.64. The molecule has 4 aromatic rings. The van der Waals surface area contributed by atoms with E-state index >= 15 is 0 Å². The van der Waals surface area contributed by atoms with Gasteiger partial charge in [0, 0.05) is 28.1 Å². The Balaban J connectivity index is 1.37. The number of esters is 1. The molecule has 232 valence electrons. The number of carboxylic acid groups (broad SMARTS) is 1. The van der Waals surface area contributed by atoms with Crippen LogP contribution >= 0.6 is 11.3 Å². The van der Waals surface area contributed by atoms with Gasteiger partial charge in [-0.15, -0.1) is 21.5 Å². The van der Waals surface area contributed by atoms with Gasteiger partial charge in [0.1, 0.15) is 29.0 Å². The fourth-order valence-corrected chi connectivity index (χ4v) is 7.12. The molecule has 45 heavy (non-hydrogen) atoms. The molecule has 0 unspecified atom stereocenters. The quantitative estimate of drug-likeness (QED) is 0.264.